The van der Waals surface area contributed by atoms with Crippen molar-refractivity contribution in [1.82, 2.24) is 10.3 Å². The van der Waals surface area contributed by atoms with Gasteiger partial charge in [-0.1, -0.05) is 25.5 Å². The van der Waals surface area contributed by atoms with E-state index in [-0.39, 0.29) is 5.91 Å². The van der Waals surface area contributed by atoms with Crippen LogP contribution in [-0.4, -0.2) is 24.5 Å². The summed E-state index contributed by atoms with van der Waals surface area (Å²) in [6, 6.07) is 7.86. The molecule has 2 rings (SSSR count). The number of ether oxygens (including phenoxy) is 1. The van der Waals surface area contributed by atoms with Gasteiger partial charge in [-0.15, -0.1) is 11.3 Å². The summed E-state index contributed by atoms with van der Waals surface area (Å²) in [4.78, 5) is 16.3. The molecule has 0 saturated carbocycles. The number of aromatic nitrogens is 1. The van der Waals surface area contributed by atoms with Gasteiger partial charge >= 0.3 is 0 Å². The van der Waals surface area contributed by atoms with E-state index in [1.54, 1.807) is 18.4 Å². The summed E-state index contributed by atoms with van der Waals surface area (Å²) in [7, 11) is 1.66. The van der Waals surface area contributed by atoms with Crippen molar-refractivity contribution in [1.29, 1.82) is 0 Å². The molecule has 0 unspecified atom stereocenters. The summed E-state index contributed by atoms with van der Waals surface area (Å²) in [5.41, 5.74) is 2.01. The van der Waals surface area contributed by atoms with Crippen molar-refractivity contribution >= 4 is 17.2 Å². The zero-order chi connectivity index (χ0) is 15.8. The van der Waals surface area contributed by atoms with Crippen molar-refractivity contribution in [3.8, 4) is 16.3 Å². The van der Waals surface area contributed by atoms with Gasteiger partial charge in [0.25, 0.3) is 0 Å². The maximum atomic E-state index is 11.7. The maximum absolute atomic E-state index is 11.7. The number of amides is 1. The molecule has 1 amide bonds. The Labute approximate surface area is 135 Å². The predicted molar refractivity (Wildman–Crippen MR) is 90.3 cm³/mol. The number of carbonyl (C=O) groups is 1. The van der Waals surface area contributed by atoms with Gasteiger partial charge < -0.3 is 10.1 Å². The van der Waals surface area contributed by atoms with Crippen molar-refractivity contribution in [3.05, 3.63) is 35.3 Å². The monoisotopic (exact) mass is 318 g/mol. The van der Waals surface area contributed by atoms with Crippen molar-refractivity contribution in [2.24, 2.45) is 0 Å². The first-order chi connectivity index (χ1) is 10.7. The van der Waals surface area contributed by atoms with E-state index < -0.39 is 0 Å². The first kappa shape index (κ1) is 16.5. The van der Waals surface area contributed by atoms with Gasteiger partial charge in [0.1, 0.15) is 10.8 Å². The third-order valence-electron chi connectivity index (χ3n) is 3.33. The number of hydrogen-bond donors (Lipinski definition) is 1. The minimum atomic E-state index is 0.101. The molecule has 1 N–H and O–H groups in total. The predicted octanol–water partition coefficient (Wildman–Crippen LogP) is 3.67. The fourth-order valence-corrected chi connectivity index (χ4v) is 2.90. The minimum Gasteiger partial charge on any atom is -0.497 e. The summed E-state index contributed by atoms with van der Waals surface area (Å²) in [6.45, 7) is 2.88. The summed E-state index contributed by atoms with van der Waals surface area (Å²) in [6.07, 6.45) is 3.29. The molecule has 1 aromatic carbocycles. The normalized spacial score (nSPS) is 10.5. The maximum Gasteiger partial charge on any atom is 0.220 e. The number of nitrogens with one attached hydrogen (secondary N) is 1. The van der Waals surface area contributed by atoms with E-state index in [1.165, 1.54) is 0 Å². The average Bonchev–Trinajstić information content (AvgIpc) is 3.02. The van der Waals surface area contributed by atoms with E-state index in [4.69, 9.17) is 4.74 Å². The molecule has 22 heavy (non-hydrogen) atoms. The van der Waals surface area contributed by atoms with Crippen molar-refractivity contribution in [2.75, 3.05) is 13.7 Å². The van der Waals surface area contributed by atoms with E-state index in [9.17, 15) is 4.79 Å². The highest BCUT2D eigenvalue weighted by Crippen LogP contribution is 2.27. The SMILES string of the molecule is CCCCNC(=O)CCc1csc(-c2cccc(OC)c2)n1. The summed E-state index contributed by atoms with van der Waals surface area (Å²) < 4.78 is 5.23. The van der Waals surface area contributed by atoms with Crippen molar-refractivity contribution in [2.45, 2.75) is 32.6 Å². The molecule has 1 heterocycles. The average molecular weight is 318 g/mol. The van der Waals surface area contributed by atoms with Gasteiger partial charge in [0.15, 0.2) is 0 Å². The molecular weight excluding hydrogens is 296 g/mol. The van der Waals surface area contributed by atoms with Crippen LogP contribution < -0.4 is 10.1 Å². The third-order valence-corrected chi connectivity index (χ3v) is 4.27. The fraction of sp³-hybridized carbons (Fsp3) is 0.412. The molecule has 0 atom stereocenters. The number of thiazole rings is 1. The Kier molecular flexibility index (Phi) is 6.40. The standard InChI is InChI=1S/C17H22N2O2S/c1-3-4-10-18-16(20)9-8-14-12-22-17(19-14)13-6-5-7-15(11-13)21-2/h5-7,11-12H,3-4,8-10H2,1-2H3,(H,18,20). The first-order valence-corrected chi connectivity index (χ1v) is 8.46. The molecule has 0 aliphatic carbocycles. The first-order valence-electron chi connectivity index (χ1n) is 7.58. The van der Waals surface area contributed by atoms with Crippen LogP contribution in [0.5, 0.6) is 5.75 Å². The molecule has 118 valence electrons. The third kappa shape index (κ3) is 4.84. The molecule has 2 aromatic rings. The fourth-order valence-electron chi connectivity index (χ4n) is 2.05. The molecule has 0 fully saturated rings. The number of methoxy groups -OCH3 is 1. The van der Waals surface area contributed by atoms with Crippen molar-refractivity contribution in [3.63, 3.8) is 0 Å². The zero-order valence-corrected chi connectivity index (χ0v) is 13.9. The van der Waals surface area contributed by atoms with Crippen LogP contribution in [0, 0.1) is 0 Å². The second kappa shape index (κ2) is 8.54. The largest absolute Gasteiger partial charge is 0.497 e. The molecular formula is C17H22N2O2S. The number of carbonyl (C=O) groups excluding carboxylic acids is 1. The number of nitrogens with zero attached hydrogens (tertiary/aromatic N) is 1. The molecule has 4 nitrogen and oxygen atoms in total. The molecule has 0 saturated heterocycles. The molecule has 5 heteroatoms. The van der Waals surface area contributed by atoms with Crippen LogP contribution in [-0.2, 0) is 11.2 Å². The summed E-state index contributed by atoms with van der Waals surface area (Å²) >= 11 is 1.60. The Hall–Kier alpha value is -1.88. The van der Waals surface area contributed by atoms with Crippen LogP contribution in [0.15, 0.2) is 29.6 Å². The van der Waals surface area contributed by atoms with E-state index in [2.05, 4.69) is 17.2 Å². The highest BCUT2D eigenvalue weighted by atomic mass is 32.1. The summed E-state index contributed by atoms with van der Waals surface area (Å²) in [5, 5.41) is 5.91. The van der Waals surface area contributed by atoms with Crippen LogP contribution in [0.3, 0.4) is 0 Å². The van der Waals surface area contributed by atoms with Gasteiger partial charge in [0.05, 0.1) is 12.8 Å². The molecule has 0 radical (unpaired) electrons. The highest BCUT2D eigenvalue weighted by molar-refractivity contribution is 7.13. The van der Waals surface area contributed by atoms with Crippen LogP contribution in [0.25, 0.3) is 10.6 Å². The van der Waals surface area contributed by atoms with Crippen LogP contribution in [0.2, 0.25) is 0 Å². The lowest BCUT2D eigenvalue weighted by Crippen LogP contribution is -2.24. The van der Waals surface area contributed by atoms with Gasteiger partial charge in [0.2, 0.25) is 5.91 Å². The second-order valence-electron chi connectivity index (χ2n) is 5.08. The van der Waals surface area contributed by atoms with E-state index in [0.29, 0.717) is 12.8 Å². The topological polar surface area (TPSA) is 51.2 Å². The number of rotatable bonds is 8. The van der Waals surface area contributed by atoms with Gasteiger partial charge in [-0.2, -0.15) is 0 Å². The highest BCUT2D eigenvalue weighted by Gasteiger charge is 2.08. The van der Waals surface area contributed by atoms with E-state index >= 15 is 0 Å². The Morgan fingerprint density at radius 3 is 3.05 bits per heavy atom. The molecule has 0 bridgehead atoms. The van der Waals surface area contributed by atoms with Gasteiger partial charge in [-0.3, -0.25) is 4.79 Å². The molecule has 1 aromatic heterocycles. The lowest BCUT2D eigenvalue weighted by molar-refractivity contribution is -0.121. The number of benzene rings is 1. The minimum absolute atomic E-state index is 0.101. The summed E-state index contributed by atoms with van der Waals surface area (Å²) in [5.74, 6) is 0.925. The Balaban J connectivity index is 1.89. The molecule has 0 aliphatic heterocycles. The van der Waals surface area contributed by atoms with Crippen molar-refractivity contribution < 1.29 is 9.53 Å². The number of aryl methyl sites for hydroxylation is 1. The number of hydrogen-bond acceptors (Lipinski definition) is 4. The molecule has 0 spiro atoms. The van der Waals surface area contributed by atoms with Crippen LogP contribution in [0.1, 0.15) is 31.9 Å². The number of unbranched alkanes of at least 4 members (excludes halogenated alkanes) is 1. The zero-order valence-electron chi connectivity index (χ0n) is 13.1. The Bertz CT molecular complexity index is 610. The van der Waals surface area contributed by atoms with Gasteiger partial charge in [-0.25, -0.2) is 4.98 Å². The molecule has 0 aliphatic rings. The Morgan fingerprint density at radius 1 is 1.41 bits per heavy atom. The van der Waals surface area contributed by atoms with Gasteiger partial charge in [0, 0.05) is 23.9 Å². The Morgan fingerprint density at radius 2 is 2.27 bits per heavy atom. The van der Waals surface area contributed by atoms with E-state index in [0.717, 1.165) is 41.4 Å². The lowest BCUT2D eigenvalue weighted by atomic mass is 10.2. The van der Waals surface area contributed by atoms with Crippen LogP contribution in [0.4, 0.5) is 0 Å². The quantitative estimate of drug-likeness (QED) is 0.756. The van der Waals surface area contributed by atoms with Gasteiger partial charge in [-0.05, 0) is 25.0 Å². The second-order valence-corrected chi connectivity index (χ2v) is 5.94. The smallest absolute Gasteiger partial charge is 0.220 e. The van der Waals surface area contributed by atoms with E-state index in [1.807, 2.05) is 29.6 Å². The lowest BCUT2D eigenvalue weighted by Gasteiger charge is -2.03. The van der Waals surface area contributed by atoms with Crippen LogP contribution >= 0.6 is 11.3 Å².